The normalized spacial score (nSPS) is 10.7. The van der Waals surface area contributed by atoms with E-state index in [1.807, 2.05) is 0 Å². The molecule has 0 saturated carbocycles. The summed E-state index contributed by atoms with van der Waals surface area (Å²) in [5.74, 6) is -0.548. The molecule has 0 bridgehead atoms. The molecule has 0 radical (unpaired) electrons. The van der Waals surface area contributed by atoms with E-state index >= 15 is 0 Å². The van der Waals surface area contributed by atoms with Crippen LogP contribution in [0.3, 0.4) is 0 Å². The minimum Gasteiger partial charge on any atom is -0.466 e. The predicted octanol–water partition coefficient (Wildman–Crippen LogP) is 3.65. The van der Waals surface area contributed by atoms with Gasteiger partial charge in [0.25, 0.3) is 6.43 Å². The lowest BCUT2D eigenvalue weighted by molar-refractivity contribution is -0.142. The van der Waals surface area contributed by atoms with Crippen molar-refractivity contribution in [2.24, 2.45) is 0 Å². The monoisotopic (exact) mass is 371 g/mol. The number of alkyl halides is 2. The van der Waals surface area contributed by atoms with Crippen molar-refractivity contribution in [1.29, 1.82) is 0 Å². The van der Waals surface area contributed by atoms with Crippen LogP contribution in [0, 0.1) is 0 Å². The Morgan fingerprint density at radius 1 is 1.53 bits per heavy atom. The van der Waals surface area contributed by atoms with Gasteiger partial charge >= 0.3 is 5.97 Å². The van der Waals surface area contributed by atoms with Gasteiger partial charge in [0.05, 0.1) is 17.5 Å². The summed E-state index contributed by atoms with van der Waals surface area (Å²) in [4.78, 5) is 15.1. The third kappa shape index (κ3) is 3.70. The highest BCUT2D eigenvalue weighted by molar-refractivity contribution is 9.13. The quantitative estimate of drug-likeness (QED) is 0.598. The highest BCUT2D eigenvalue weighted by atomic mass is 79.9. The summed E-state index contributed by atoms with van der Waals surface area (Å²) in [5.41, 5.74) is -0.0755. The maximum Gasteiger partial charge on any atom is 0.310 e. The van der Waals surface area contributed by atoms with Crippen molar-refractivity contribution in [3.8, 4) is 0 Å². The van der Waals surface area contributed by atoms with E-state index in [1.54, 1.807) is 6.92 Å². The van der Waals surface area contributed by atoms with Crippen molar-refractivity contribution in [2.75, 3.05) is 6.61 Å². The van der Waals surface area contributed by atoms with Crippen molar-refractivity contribution in [3.63, 3.8) is 0 Å². The molecule has 0 unspecified atom stereocenters. The van der Waals surface area contributed by atoms with E-state index in [0.29, 0.717) is 9.08 Å². The fraction of sp³-hybridized carbons (Fsp3) is 0.400. The van der Waals surface area contributed by atoms with Crippen LogP contribution >= 0.6 is 31.9 Å². The second kappa shape index (κ2) is 6.39. The fourth-order valence-corrected chi connectivity index (χ4v) is 2.05. The van der Waals surface area contributed by atoms with Gasteiger partial charge in [-0.2, -0.15) is 0 Å². The van der Waals surface area contributed by atoms with Gasteiger partial charge in [-0.1, -0.05) is 0 Å². The maximum absolute atomic E-state index is 12.7. The average Bonchev–Trinajstić information content (AvgIpc) is 2.25. The Morgan fingerprint density at radius 3 is 2.71 bits per heavy atom. The smallest absolute Gasteiger partial charge is 0.310 e. The van der Waals surface area contributed by atoms with Crippen LogP contribution in [-0.4, -0.2) is 17.6 Å². The molecule has 0 fully saturated rings. The zero-order valence-corrected chi connectivity index (χ0v) is 12.0. The third-order valence-corrected chi connectivity index (χ3v) is 3.96. The molecule has 0 atom stereocenters. The molecule has 1 rings (SSSR count). The second-order valence-corrected chi connectivity index (χ2v) is 4.62. The van der Waals surface area contributed by atoms with Crippen LogP contribution in [0.15, 0.2) is 15.3 Å². The van der Waals surface area contributed by atoms with Gasteiger partial charge in [0.1, 0.15) is 4.60 Å². The highest BCUT2D eigenvalue weighted by Crippen LogP contribution is 2.32. The number of carbonyl (C=O) groups is 1. The van der Waals surface area contributed by atoms with E-state index in [1.165, 1.54) is 0 Å². The lowest BCUT2D eigenvalue weighted by atomic mass is 10.1. The predicted molar refractivity (Wildman–Crippen MR) is 64.9 cm³/mol. The van der Waals surface area contributed by atoms with E-state index in [9.17, 15) is 13.6 Å². The van der Waals surface area contributed by atoms with Crippen LogP contribution in [-0.2, 0) is 16.0 Å². The van der Waals surface area contributed by atoms with E-state index < -0.39 is 12.4 Å². The molecule has 17 heavy (non-hydrogen) atoms. The molecular weight excluding hydrogens is 364 g/mol. The number of carbonyl (C=O) groups excluding carboxylic acids is 1. The van der Waals surface area contributed by atoms with Gasteiger partial charge in [0.2, 0.25) is 0 Å². The second-order valence-electron chi connectivity index (χ2n) is 3.08. The Hall–Kier alpha value is -0.560. The number of hydrogen-bond acceptors (Lipinski definition) is 3. The summed E-state index contributed by atoms with van der Waals surface area (Å²) in [5, 5.41) is 0. The molecule has 3 nitrogen and oxygen atoms in total. The number of hydrogen-bond donors (Lipinski definition) is 0. The van der Waals surface area contributed by atoms with Gasteiger partial charge in [-0.25, -0.2) is 13.8 Å². The third-order valence-electron chi connectivity index (χ3n) is 1.97. The minimum atomic E-state index is -2.68. The first-order valence-corrected chi connectivity index (χ1v) is 6.32. The Labute approximate surface area is 114 Å². The average molecular weight is 373 g/mol. The molecule has 0 aliphatic carbocycles. The number of nitrogens with zero attached hydrogens (tertiary/aromatic N) is 1. The van der Waals surface area contributed by atoms with Crippen LogP contribution in [0.5, 0.6) is 0 Å². The van der Waals surface area contributed by atoms with E-state index in [-0.39, 0.29) is 24.2 Å². The lowest BCUT2D eigenvalue weighted by Crippen LogP contribution is -2.11. The number of rotatable bonds is 4. The topological polar surface area (TPSA) is 39.2 Å². The molecule has 7 heteroatoms. The molecule has 1 aromatic rings. The first kappa shape index (κ1) is 14.5. The molecule has 0 spiro atoms. The van der Waals surface area contributed by atoms with Crippen molar-refractivity contribution in [1.82, 2.24) is 4.98 Å². The summed E-state index contributed by atoms with van der Waals surface area (Å²) in [7, 11) is 0. The first-order chi connectivity index (χ1) is 7.97. The summed E-state index contributed by atoms with van der Waals surface area (Å²) in [6.07, 6.45) is -1.85. The van der Waals surface area contributed by atoms with Gasteiger partial charge in [0.15, 0.2) is 0 Å². The Bertz CT molecular complexity index is 427. The van der Waals surface area contributed by atoms with E-state index in [0.717, 1.165) is 6.20 Å². The molecule has 0 aliphatic rings. The van der Waals surface area contributed by atoms with Crippen molar-refractivity contribution >= 4 is 37.8 Å². The van der Waals surface area contributed by atoms with Crippen LogP contribution < -0.4 is 0 Å². The summed E-state index contributed by atoms with van der Waals surface area (Å²) in [6, 6.07) is 0. The van der Waals surface area contributed by atoms with Crippen LogP contribution in [0.2, 0.25) is 0 Å². The molecule has 1 aromatic heterocycles. The van der Waals surface area contributed by atoms with Crippen molar-refractivity contribution in [3.05, 3.63) is 26.4 Å². The van der Waals surface area contributed by atoms with Crippen LogP contribution in [0.25, 0.3) is 0 Å². The molecule has 0 amide bonds. The number of esters is 1. The van der Waals surface area contributed by atoms with Gasteiger partial charge in [-0.15, -0.1) is 0 Å². The molecular formula is C10H9Br2F2NO2. The zero-order valence-electron chi connectivity index (χ0n) is 8.84. The molecule has 1 heterocycles. The van der Waals surface area contributed by atoms with Gasteiger partial charge in [-0.3, -0.25) is 4.79 Å². The highest BCUT2D eigenvalue weighted by Gasteiger charge is 2.20. The summed E-state index contributed by atoms with van der Waals surface area (Å²) in [6.45, 7) is 1.87. The van der Waals surface area contributed by atoms with Gasteiger partial charge < -0.3 is 4.74 Å². The molecule has 0 aliphatic heterocycles. The minimum absolute atomic E-state index is 0.195. The van der Waals surface area contributed by atoms with Crippen molar-refractivity contribution in [2.45, 2.75) is 19.8 Å². The number of aromatic nitrogens is 1. The molecule has 94 valence electrons. The van der Waals surface area contributed by atoms with Gasteiger partial charge in [-0.05, 0) is 44.3 Å². The maximum atomic E-state index is 12.7. The van der Waals surface area contributed by atoms with E-state index in [4.69, 9.17) is 4.74 Å². The fourth-order valence-electron chi connectivity index (χ4n) is 1.24. The lowest BCUT2D eigenvalue weighted by Gasteiger charge is -2.11. The van der Waals surface area contributed by atoms with Crippen molar-refractivity contribution < 1.29 is 18.3 Å². The Kier molecular flexibility index (Phi) is 5.45. The number of ether oxygens (including phenoxy) is 1. The van der Waals surface area contributed by atoms with E-state index in [2.05, 4.69) is 36.8 Å². The molecule has 0 aromatic carbocycles. The summed E-state index contributed by atoms with van der Waals surface area (Å²) < 4.78 is 31.0. The molecule has 0 saturated heterocycles. The zero-order chi connectivity index (χ0) is 13.0. The first-order valence-electron chi connectivity index (χ1n) is 4.73. The number of halogens is 4. The van der Waals surface area contributed by atoms with Gasteiger partial charge in [0, 0.05) is 11.8 Å². The Morgan fingerprint density at radius 2 is 2.18 bits per heavy atom. The largest absolute Gasteiger partial charge is 0.466 e. The van der Waals surface area contributed by atoms with Crippen LogP contribution in [0.4, 0.5) is 8.78 Å². The SMILES string of the molecule is CCOC(=O)Cc1c(C(F)F)cnc(Br)c1Br. The van der Waals surface area contributed by atoms with Crippen LogP contribution in [0.1, 0.15) is 24.5 Å². The Balaban J connectivity index is 3.10. The summed E-state index contributed by atoms with van der Waals surface area (Å²) >= 11 is 6.23. The molecule has 0 N–H and O–H groups in total. The number of pyridine rings is 1. The standard InChI is InChI=1S/C10H9Br2F2NO2/c1-2-17-7(16)3-5-6(10(13)14)4-15-9(12)8(5)11/h4,10H,2-3H2,1H3.